The number of carbonyl (C=O) groups excluding carboxylic acids is 1. The maximum absolute atomic E-state index is 14.5. The Labute approximate surface area is 172 Å². The summed E-state index contributed by atoms with van der Waals surface area (Å²) in [6.07, 6.45) is 4.26. The van der Waals surface area contributed by atoms with Crippen LogP contribution in [0, 0.1) is 17.8 Å². The van der Waals surface area contributed by atoms with Crippen LogP contribution in [0.3, 0.4) is 0 Å². The Morgan fingerprint density at radius 2 is 2.03 bits per heavy atom. The van der Waals surface area contributed by atoms with Crippen LogP contribution in [-0.2, 0) is 14.3 Å². The summed E-state index contributed by atoms with van der Waals surface area (Å²) in [6.45, 7) is 3.86. The van der Waals surface area contributed by atoms with Gasteiger partial charge in [0.05, 0.1) is 6.10 Å². The zero-order valence-corrected chi connectivity index (χ0v) is 17.7. The third kappa shape index (κ3) is 5.97. The molecule has 2 rings (SSSR count). The van der Waals surface area contributed by atoms with Crippen molar-refractivity contribution in [2.24, 2.45) is 17.8 Å². The molecule has 1 heterocycles. The number of hydrogen-bond acceptors (Lipinski definition) is 4. The molecule has 2 aliphatic rings. The molecule has 2 fully saturated rings. The summed E-state index contributed by atoms with van der Waals surface area (Å²) in [5.74, 6) is -6.52. The zero-order valence-electron chi connectivity index (χ0n) is 17.7. The van der Waals surface area contributed by atoms with E-state index in [0.29, 0.717) is 38.0 Å². The van der Waals surface area contributed by atoms with Gasteiger partial charge in [0.1, 0.15) is 5.78 Å². The molecular weight excluding hydrogens is 382 g/mol. The fraction of sp³-hybridized carbons (Fsp3) is 0.909. The van der Waals surface area contributed by atoms with E-state index in [0.717, 1.165) is 19.3 Å². The summed E-state index contributed by atoms with van der Waals surface area (Å²) in [6, 6.07) is 0. The number of aliphatic carboxylic acids is 1. The van der Waals surface area contributed by atoms with Crippen LogP contribution < -0.4 is 0 Å². The van der Waals surface area contributed by atoms with Crippen molar-refractivity contribution in [3.63, 3.8) is 0 Å². The Morgan fingerprint density at radius 1 is 1.31 bits per heavy atom. The third-order valence-electron chi connectivity index (χ3n) is 6.86. The number of unbranched alkanes of at least 4 members (excludes halogenated alkanes) is 1. The fourth-order valence-corrected chi connectivity index (χ4v) is 4.93. The topological polar surface area (TPSA) is 83.8 Å². The summed E-state index contributed by atoms with van der Waals surface area (Å²) in [5, 5.41) is 19.3. The predicted octanol–water partition coefficient (Wildman–Crippen LogP) is 4.95. The average molecular weight is 419 g/mol. The molecule has 0 aromatic heterocycles. The maximum atomic E-state index is 14.5. The highest BCUT2D eigenvalue weighted by atomic mass is 19.3. The number of ether oxygens (including phenoxy) is 1. The zero-order chi connectivity index (χ0) is 21.7. The van der Waals surface area contributed by atoms with E-state index in [1.165, 1.54) is 0 Å². The smallest absolute Gasteiger partial charge is 0.303 e. The number of rotatable bonds is 12. The van der Waals surface area contributed by atoms with Crippen LogP contribution >= 0.6 is 0 Å². The number of halogens is 2. The van der Waals surface area contributed by atoms with Gasteiger partial charge in [-0.1, -0.05) is 39.5 Å². The van der Waals surface area contributed by atoms with Crippen molar-refractivity contribution in [3.05, 3.63) is 0 Å². The van der Waals surface area contributed by atoms with Crippen LogP contribution in [0.1, 0.15) is 90.9 Å². The van der Waals surface area contributed by atoms with Crippen molar-refractivity contribution >= 4 is 11.8 Å². The second kappa shape index (κ2) is 10.3. The summed E-state index contributed by atoms with van der Waals surface area (Å²) in [5.41, 5.74) is 0. The van der Waals surface area contributed by atoms with Gasteiger partial charge < -0.3 is 14.9 Å². The van der Waals surface area contributed by atoms with E-state index in [1.54, 1.807) is 0 Å². The molecule has 5 nitrogen and oxygen atoms in total. The lowest BCUT2D eigenvalue weighted by molar-refractivity contribution is -0.356. The van der Waals surface area contributed by atoms with Crippen LogP contribution in [0.15, 0.2) is 0 Å². The van der Waals surface area contributed by atoms with Crippen LogP contribution in [0.5, 0.6) is 0 Å². The summed E-state index contributed by atoms with van der Waals surface area (Å²) in [4.78, 5) is 23.3. The first-order valence-electron chi connectivity index (χ1n) is 11.2. The molecular formula is C22H36F2O5. The molecule has 0 aromatic rings. The highest BCUT2D eigenvalue weighted by Gasteiger charge is 2.59. The molecule has 1 aliphatic carbocycles. The number of aliphatic hydroxyl groups is 1. The molecule has 1 aliphatic heterocycles. The van der Waals surface area contributed by atoms with E-state index >= 15 is 0 Å². The summed E-state index contributed by atoms with van der Waals surface area (Å²) >= 11 is 0. The van der Waals surface area contributed by atoms with E-state index in [9.17, 15) is 23.5 Å². The van der Waals surface area contributed by atoms with Gasteiger partial charge in [-0.15, -0.1) is 0 Å². The molecule has 29 heavy (non-hydrogen) atoms. The number of ketones is 1. The van der Waals surface area contributed by atoms with E-state index in [1.807, 2.05) is 13.8 Å². The van der Waals surface area contributed by atoms with Gasteiger partial charge in [0.15, 0.2) is 0 Å². The Balaban J connectivity index is 1.89. The van der Waals surface area contributed by atoms with Gasteiger partial charge in [-0.2, -0.15) is 0 Å². The van der Waals surface area contributed by atoms with Gasteiger partial charge in [-0.3, -0.25) is 9.59 Å². The molecule has 0 radical (unpaired) electrons. The largest absolute Gasteiger partial charge is 0.481 e. The quantitative estimate of drug-likeness (QED) is 0.469. The molecule has 1 saturated carbocycles. The number of alkyl halides is 2. The minimum Gasteiger partial charge on any atom is -0.481 e. The molecule has 0 spiro atoms. The van der Waals surface area contributed by atoms with Crippen LogP contribution in [-0.4, -0.2) is 39.8 Å². The molecule has 0 bridgehead atoms. The van der Waals surface area contributed by atoms with Crippen LogP contribution in [0.2, 0.25) is 0 Å². The lowest BCUT2D eigenvalue weighted by Crippen LogP contribution is -2.55. The van der Waals surface area contributed by atoms with E-state index < -0.39 is 30.2 Å². The van der Waals surface area contributed by atoms with Gasteiger partial charge in [-0.25, -0.2) is 8.78 Å². The number of hydrogen-bond donors (Lipinski definition) is 2. The minimum atomic E-state index is -3.31. The van der Waals surface area contributed by atoms with Crippen molar-refractivity contribution < 1.29 is 33.3 Å². The second-order valence-corrected chi connectivity index (χ2v) is 8.87. The maximum Gasteiger partial charge on any atom is 0.303 e. The van der Waals surface area contributed by atoms with Crippen molar-refractivity contribution in [2.45, 2.75) is 109 Å². The van der Waals surface area contributed by atoms with Gasteiger partial charge in [0.25, 0.3) is 0 Å². The van der Waals surface area contributed by atoms with E-state index in [-0.39, 0.29) is 36.9 Å². The van der Waals surface area contributed by atoms with Gasteiger partial charge >= 0.3 is 11.9 Å². The van der Waals surface area contributed by atoms with Gasteiger partial charge in [-0.05, 0) is 37.5 Å². The molecule has 5 atom stereocenters. The van der Waals surface area contributed by atoms with Crippen LogP contribution in [0.4, 0.5) is 8.78 Å². The lowest BCUT2D eigenvalue weighted by atomic mass is 9.81. The van der Waals surface area contributed by atoms with Crippen molar-refractivity contribution in [3.8, 4) is 0 Å². The van der Waals surface area contributed by atoms with E-state index in [4.69, 9.17) is 9.84 Å². The highest BCUT2D eigenvalue weighted by Crippen LogP contribution is 2.49. The Hall–Kier alpha value is -1.08. The minimum absolute atomic E-state index is 0.0414. The van der Waals surface area contributed by atoms with Gasteiger partial charge in [0, 0.05) is 31.6 Å². The van der Waals surface area contributed by atoms with E-state index in [2.05, 4.69) is 0 Å². The third-order valence-corrected chi connectivity index (χ3v) is 6.86. The molecule has 1 saturated heterocycles. The molecule has 168 valence electrons. The molecule has 0 amide bonds. The molecule has 0 aromatic carbocycles. The van der Waals surface area contributed by atoms with Crippen LogP contribution in [0.25, 0.3) is 0 Å². The number of carbonyl (C=O) groups is 2. The standard InChI is InChI=1S/C22H36F2O5/c1-3-5-12-21(23,24)22(28)13-11-17-16(18(25)14-19(17)29-22)8-6-7-15(4-2)9-10-20(26)27/h15-17,19,28H,3-14H2,1-2H3,(H,26,27)/t15-,16+,17+,19?,22+/m0/s1. The van der Waals surface area contributed by atoms with Crippen molar-refractivity contribution in [1.82, 2.24) is 0 Å². The first kappa shape index (κ1) is 24.2. The van der Waals surface area contributed by atoms with Crippen molar-refractivity contribution in [1.29, 1.82) is 0 Å². The predicted molar refractivity (Wildman–Crippen MR) is 105 cm³/mol. The Kier molecular flexibility index (Phi) is 8.59. The number of Topliss-reactive ketones (excluding diaryl/α,β-unsaturated/α-hetero) is 1. The first-order chi connectivity index (χ1) is 13.6. The molecule has 7 heteroatoms. The number of fused-ring (bicyclic) bond motifs is 1. The van der Waals surface area contributed by atoms with Crippen molar-refractivity contribution in [2.75, 3.05) is 0 Å². The lowest BCUT2D eigenvalue weighted by Gasteiger charge is -2.43. The highest BCUT2D eigenvalue weighted by molar-refractivity contribution is 5.84. The SMILES string of the molecule is CCCCC(F)(F)[C@@]1(O)CC[C@H]2C(CC(=O)[C@@H]2CCC[C@H](CC)CCC(=O)O)O1. The second-order valence-electron chi connectivity index (χ2n) is 8.87. The summed E-state index contributed by atoms with van der Waals surface area (Å²) < 4.78 is 34.5. The van der Waals surface area contributed by atoms with Gasteiger partial charge in [0.2, 0.25) is 5.79 Å². The Bertz CT molecular complexity index is 567. The first-order valence-corrected chi connectivity index (χ1v) is 11.2. The number of carboxylic acids is 1. The summed E-state index contributed by atoms with van der Waals surface area (Å²) in [7, 11) is 0. The monoisotopic (exact) mass is 418 g/mol. The Morgan fingerprint density at radius 3 is 2.66 bits per heavy atom. The molecule has 1 unspecified atom stereocenters. The fourth-order valence-electron chi connectivity index (χ4n) is 4.93. The average Bonchev–Trinajstić information content (AvgIpc) is 2.96. The number of carboxylic acid groups (broad SMARTS) is 1. The molecule has 2 N–H and O–H groups in total. The normalized spacial score (nSPS) is 30.9.